The molecule has 2 aliphatic rings. The number of nitrogens with one attached hydrogen (secondary N) is 1. The fraction of sp³-hybridized carbons (Fsp3) is 1.00. The molecule has 2 heterocycles. The van der Waals surface area contributed by atoms with Crippen LogP contribution in [0.1, 0.15) is 32.6 Å². The van der Waals surface area contributed by atoms with Crippen LogP contribution in [-0.2, 0) is 4.74 Å². The number of hydrogen-bond acceptors (Lipinski definition) is 4. The Hall–Kier alpha value is -0.160. The maximum atomic E-state index is 5.56. The van der Waals surface area contributed by atoms with Gasteiger partial charge in [-0.05, 0) is 65.3 Å². The summed E-state index contributed by atoms with van der Waals surface area (Å²) in [6, 6.07) is 1.25. The Morgan fingerprint density at radius 1 is 1.20 bits per heavy atom. The summed E-state index contributed by atoms with van der Waals surface area (Å²) in [5.41, 5.74) is 0. The van der Waals surface area contributed by atoms with Gasteiger partial charge in [-0.15, -0.1) is 0 Å². The number of rotatable bonds is 5. The average Bonchev–Trinajstić information content (AvgIpc) is 2.62. The van der Waals surface area contributed by atoms with Crippen molar-refractivity contribution in [2.24, 2.45) is 5.92 Å². The van der Waals surface area contributed by atoms with E-state index in [0.717, 1.165) is 25.7 Å². The van der Waals surface area contributed by atoms with Gasteiger partial charge in [0.1, 0.15) is 0 Å². The summed E-state index contributed by atoms with van der Waals surface area (Å²) in [7, 11) is 4.58. The van der Waals surface area contributed by atoms with E-state index in [2.05, 4.69) is 36.1 Å². The maximum Gasteiger partial charge on any atom is 0.0469 e. The van der Waals surface area contributed by atoms with Crippen molar-refractivity contribution in [3.8, 4) is 0 Å². The number of ether oxygens (including phenoxy) is 1. The van der Waals surface area contributed by atoms with Gasteiger partial charge in [0.15, 0.2) is 0 Å². The van der Waals surface area contributed by atoms with Gasteiger partial charge in [0.05, 0.1) is 0 Å². The third-order valence-electron chi connectivity index (χ3n) is 4.93. The molecule has 2 unspecified atom stereocenters. The molecule has 0 aliphatic carbocycles. The molecular formula is C16H33N3O. The molecule has 4 heteroatoms. The molecule has 2 saturated heterocycles. The van der Waals surface area contributed by atoms with Gasteiger partial charge in [-0.3, -0.25) is 0 Å². The van der Waals surface area contributed by atoms with E-state index in [1.54, 1.807) is 0 Å². The highest BCUT2D eigenvalue weighted by atomic mass is 16.5. The first-order valence-corrected chi connectivity index (χ1v) is 8.42. The van der Waals surface area contributed by atoms with Crippen LogP contribution in [0.25, 0.3) is 0 Å². The zero-order valence-electron chi connectivity index (χ0n) is 13.6. The molecule has 0 bridgehead atoms. The second kappa shape index (κ2) is 8.32. The SMILES string of the molecule is CCCNC(C1CCOCC1)C1CN(C)CCCN1C. The summed E-state index contributed by atoms with van der Waals surface area (Å²) < 4.78 is 5.56. The lowest BCUT2D eigenvalue weighted by molar-refractivity contribution is 0.0349. The van der Waals surface area contributed by atoms with Gasteiger partial charge in [-0.25, -0.2) is 0 Å². The molecule has 2 aliphatic heterocycles. The van der Waals surface area contributed by atoms with Crippen molar-refractivity contribution in [2.45, 2.75) is 44.7 Å². The summed E-state index contributed by atoms with van der Waals surface area (Å²) in [4.78, 5) is 5.10. The quantitative estimate of drug-likeness (QED) is 0.826. The predicted molar refractivity (Wildman–Crippen MR) is 84.2 cm³/mol. The molecule has 20 heavy (non-hydrogen) atoms. The van der Waals surface area contributed by atoms with Crippen LogP contribution in [-0.4, -0.2) is 75.4 Å². The van der Waals surface area contributed by atoms with Gasteiger partial charge >= 0.3 is 0 Å². The molecule has 0 spiro atoms. The van der Waals surface area contributed by atoms with Crippen molar-refractivity contribution in [3.63, 3.8) is 0 Å². The second-order valence-electron chi connectivity index (χ2n) is 6.59. The van der Waals surface area contributed by atoms with Crippen LogP contribution in [0.5, 0.6) is 0 Å². The van der Waals surface area contributed by atoms with Crippen LogP contribution in [0, 0.1) is 5.92 Å². The van der Waals surface area contributed by atoms with E-state index < -0.39 is 0 Å². The molecule has 2 atom stereocenters. The van der Waals surface area contributed by atoms with E-state index in [0.29, 0.717) is 12.1 Å². The zero-order valence-corrected chi connectivity index (χ0v) is 13.6. The van der Waals surface area contributed by atoms with Crippen LogP contribution in [0.4, 0.5) is 0 Å². The summed E-state index contributed by atoms with van der Waals surface area (Å²) in [6.07, 6.45) is 4.94. The molecule has 118 valence electrons. The standard InChI is InChI=1S/C16H33N3O/c1-4-8-17-16(14-6-11-20-12-7-14)15-13-18(2)9-5-10-19(15)3/h14-17H,4-13H2,1-3H3. The Kier molecular flexibility index (Phi) is 6.75. The van der Waals surface area contributed by atoms with Gasteiger partial charge in [-0.1, -0.05) is 6.92 Å². The highest BCUT2D eigenvalue weighted by Crippen LogP contribution is 2.24. The molecule has 1 N–H and O–H groups in total. The van der Waals surface area contributed by atoms with Crippen molar-refractivity contribution < 1.29 is 4.74 Å². The van der Waals surface area contributed by atoms with Crippen molar-refractivity contribution in [3.05, 3.63) is 0 Å². The average molecular weight is 283 g/mol. The first-order valence-electron chi connectivity index (χ1n) is 8.42. The zero-order chi connectivity index (χ0) is 14.4. The molecule has 0 aromatic carbocycles. The Labute approximate surface area is 124 Å². The Morgan fingerprint density at radius 2 is 1.95 bits per heavy atom. The van der Waals surface area contributed by atoms with Crippen LogP contribution in [0.2, 0.25) is 0 Å². The molecule has 4 nitrogen and oxygen atoms in total. The normalized spacial score (nSPS) is 29.2. The fourth-order valence-corrected chi connectivity index (χ4v) is 3.70. The summed E-state index contributed by atoms with van der Waals surface area (Å²) >= 11 is 0. The Balaban J connectivity index is 2.05. The molecule has 0 aromatic heterocycles. The third-order valence-corrected chi connectivity index (χ3v) is 4.93. The van der Waals surface area contributed by atoms with Gasteiger partial charge in [0, 0.05) is 31.8 Å². The molecule has 2 rings (SSSR count). The minimum Gasteiger partial charge on any atom is -0.381 e. The molecule has 0 aromatic rings. The Morgan fingerprint density at radius 3 is 2.65 bits per heavy atom. The molecule has 0 amide bonds. The largest absolute Gasteiger partial charge is 0.381 e. The van der Waals surface area contributed by atoms with Crippen molar-refractivity contribution in [2.75, 3.05) is 53.5 Å². The first-order chi connectivity index (χ1) is 9.72. The highest BCUT2D eigenvalue weighted by molar-refractivity contribution is 4.92. The topological polar surface area (TPSA) is 27.7 Å². The fourth-order valence-electron chi connectivity index (χ4n) is 3.70. The minimum atomic E-state index is 0.615. The molecular weight excluding hydrogens is 250 g/mol. The first kappa shape index (κ1) is 16.2. The highest BCUT2D eigenvalue weighted by Gasteiger charge is 2.34. The smallest absolute Gasteiger partial charge is 0.0469 e. The van der Waals surface area contributed by atoms with Crippen molar-refractivity contribution in [1.82, 2.24) is 15.1 Å². The van der Waals surface area contributed by atoms with Crippen LogP contribution in [0.15, 0.2) is 0 Å². The third kappa shape index (κ3) is 4.42. The number of likely N-dealkylation sites (N-methyl/N-ethyl adjacent to an activating group) is 2. The van der Waals surface area contributed by atoms with Gasteiger partial charge in [0.2, 0.25) is 0 Å². The van der Waals surface area contributed by atoms with Crippen LogP contribution >= 0.6 is 0 Å². The van der Waals surface area contributed by atoms with E-state index >= 15 is 0 Å². The van der Waals surface area contributed by atoms with Gasteiger partial charge in [0.25, 0.3) is 0 Å². The van der Waals surface area contributed by atoms with E-state index in [1.807, 2.05) is 0 Å². The lowest BCUT2D eigenvalue weighted by Gasteiger charge is -2.41. The minimum absolute atomic E-state index is 0.615. The number of nitrogens with zero attached hydrogens (tertiary/aromatic N) is 2. The molecule has 0 radical (unpaired) electrons. The van der Waals surface area contributed by atoms with E-state index in [-0.39, 0.29) is 0 Å². The molecule has 2 fully saturated rings. The lowest BCUT2D eigenvalue weighted by Crippen LogP contribution is -2.56. The molecule has 0 saturated carbocycles. The lowest BCUT2D eigenvalue weighted by atomic mass is 9.86. The number of hydrogen-bond donors (Lipinski definition) is 1. The summed E-state index contributed by atoms with van der Waals surface area (Å²) in [5, 5.41) is 3.86. The second-order valence-corrected chi connectivity index (χ2v) is 6.59. The van der Waals surface area contributed by atoms with E-state index in [4.69, 9.17) is 4.74 Å². The predicted octanol–water partition coefficient (Wildman–Crippen LogP) is 1.42. The van der Waals surface area contributed by atoms with E-state index in [9.17, 15) is 0 Å². The summed E-state index contributed by atoms with van der Waals surface area (Å²) in [6.45, 7) is 8.93. The van der Waals surface area contributed by atoms with Crippen LogP contribution < -0.4 is 5.32 Å². The summed E-state index contributed by atoms with van der Waals surface area (Å²) in [5.74, 6) is 0.772. The van der Waals surface area contributed by atoms with Crippen molar-refractivity contribution in [1.29, 1.82) is 0 Å². The Bertz CT molecular complexity index is 268. The van der Waals surface area contributed by atoms with Crippen LogP contribution in [0.3, 0.4) is 0 Å². The van der Waals surface area contributed by atoms with Gasteiger partial charge in [-0.2, -0.15) is 0 Å². The maximum absolute atomic E-state index is 5.56. The van der Waals surface area contributed by atoms with Crippen molar-refractivity contribution >= 4 is 0 Å². The van der Waals surface area contributed by atoms with Gasteiger partial charge < -0.3 is 19.9 Å². The van der Waals surface area contributed by atoms with E-state index in [1.165, 1.54) is 45.3 Å². The monoisotopic (exact) mass is 283 g/mol.